The topological polar surface area (TPSA) is 3.01 Å². The van der Waals surface area contributed by atoms with Crippen LogP contribution in [-0.4, -0.2) is 22.4 Å². The molecule has 0 spiro atoms. The van der Waals surface area contributed by atoms with Crippen molar-refractivity contribution in [3.05, 3.63) is 0 Å². The summed E-state index contributed by atoms with van der Waals surface area (Å²) in [5.74, 6) is 0. The van der Waals surface area contributed by atoms with Crippen molar-refractivity contribution in [1.82, 2.24) is 0 Å². The Morgan fingerprint density at radius 3 is 2.00 bits per heavy atom. The van der Waals surface area contributed by atoms with E-state index in [0.29, 0.717) is 0 Å². The highest BCUT2D eigenvalue weighted by atomic mass is 15.1. The van der Waals surface area contributed by atoms with Crippen LogP contribution in [0.15, 0.2) is 0 Å². The van der Waals surface area contributed by atoms with Gasteiger partial charge in [-0.15, -0.1) is 0 Å². The summed E-state index contributed by atoms with van der Waals surface area (Å²) >= 11 is 0. The summed E-state index contributed by atoms with van der Waals surface area (Å²) in [6.45, 7) is 4.71. The van der Waals surface area contributed by atoms with Crippen LogP contribution in [0.5, 0.6) is 0 Å². The van der Waals surface area contributed by atoms with E-state index in [-0.39, 0.29) is 0 Å². The Morgan fingerprint density at radius 2 is 1.60 bits per heavy atom. The molecule has 0 aliphatic carbocycles. The molecular weight excluding hydrogens is 122 g/mol. The van der Waals surface area contributed by atoms with Gasteiger partial charge in [-0.2, -0.15) is 0 Å². The summed E-state index contributed by atoms with van der Waals surface area (Å²) in [6.07, 6.45) is 5.57. The van der Waals surface area contributed by atoms with Gasteiger partial charge in [0.05, 0.1) is 0 Å². The van der Waals surface area contributed by atoms with E-state index < -0.39 is 0 Å². The van der Waals surface area contributed by atoms with Crippen LogP contribution in [0, 0.1) is 0 Å². The molecule has 2 atom stereocenters. The van der Waals surface area contributed by atoms with Gasteiger partial charge in [0.2, 0.25) is 0 Å². The molecule has 0 aromatic heterocycles. The van der Waals surface area contributed by atoms with Crippen molar-refractivity contribution in [3.8, 4) is 0 Å². The largest absolute Gasteiger partial charge is 0.232 e. The second-order valence-electron chi connectivity index (χ2n) is 3.75. The lowest BCUT2D eigenvalue weighted by Crippen LogP contribution is -2.25. The fourth-order valence-corrected chi connectivity index (χ4v) is 2.47. The maximum absolute atomic E-state index is 2.64. The fourth-order valence-electron chi connectivity index (χ4n) is 2.47. The van der Waals surface area contributed by atoms with Gasteiger partial charge in [-0.25, -0.2) is 4.58 Å². The van der Waals surface area contributed by atoms with Gasteiger partial charge in [-0.1, -0.05) is 0 Å². The van der Waals surface area contributed by atoms with Crippen molar-refractivity contribution in [2.75, 3.05) is 0 Å². The lowest BCUT2D eigenvalue weighted by atomic mass is 10.1. The lowest BCUT2D eigenvalue weighted by Gasteiger charge is -2.07. The maximum Gasteiger partial charge on any atom is 0.153 e. The summed E-state index contributed by atoms with van der Waals surface area (Å²) in [7, 11) is 0. The SMILES string of the molecule is CC1CCC2=[N+]1C(C)CC2. The minimum Gasteiger partial charge on any atom is -0.232 e. The first-order chi connectivity index (χ1) is 4.79. The van der Waals surface area contributed by atoms with E-state index in [9.17, 15) is 0 Å². The predicted octanol–water partition coefficient (Wildman–Crippen LogP) is 1.80. The zero-order chi connectivity index (χ0) is 7.14. The Morgan fingerprint density at radius 1 is 1.10 bits per heavy atom. The Kier molecular flexibility index (Phi) is 1.33. The molecule has 2 heterocycles. The van der Waals surface area contributed by atoms with Gasteiger partial charge >= 0.3 is 0 Å². The zero-order valence-corrected chi connectivity index (χ0v) is 6.93. The summed E-state index contributed by atoms with van der Waals surface area (Å²) in [6, 6.07) is 1.68. The summed E-state index contributed by atoms with van der Waals surface area (Å²) < 4.78 is 2.64. The van der Waals surface area contributed by atoms with Crippen LogP contribution in [-0.2, 0) is 0 Å². The molecule has 2 aliphatic heterocycles. The van der Waals surface area contributed by atoms with Crippen molar-refractivity contribution in [2.45, 2.75) is 51.6 Å². The summed E-state index contributed by atoms with van der Waals surface area (Å²) in [5, 5.41) is 0. The number of rotatable bonds is 0. The number of hydrogen-bond acceptors (Lipinski definition) is 0. The van der Waals surface area contributed by atoms with E-state index in [1.165, 1.54) is 25.7 Å². The molecule has 0 saturated carbocycles. The van der Waals surface area contributed by atoms with Crippen LogP contribution in [0.1, 0.15) is 39.5 Å². The molecule has 1 nitrogen and oxygen atoms in total. The molecular formula is C9H16N+. The number of hydrogen-bond donors (Lipinski definition) is 0. The van der Waals surface area contributed by atoms with Gasteiger partial charge < -0.3 is 0 Å². The van der Waals surface area contributed by atoms with E-state index >= 15 is 0 Å². The number of nitrogens with zero attached hydrogens (tertiary/aromatic N) is 1. The Labute approximate surface area is 62.8 Å². The molecule has 0 aromatic rings. The lowest BCUT2D eigenvalue weighted by molar-refractivity contribution is -0.579. The van der Waals surface area contributed by atoms with Crippen molar-refractivity contribution in [1.29, 1.82) is 0 Å². The maximum atomic E-state index is 2.64. The van der Waals surface area contributed by atoms with E-state index in [1.54, 1.807) is 5.71 Å². The van der Waals surface area contributed by atoms with Crippen LogP contribution in [0.3, 0.4) is 0 Å². The minimum atomic E-state index is 0.840. The molecule has 2 rings (SSSR count). The van der Waals surface area contributed by atoms with Gasteiger partial charge in [0.1, 0.15) is 0 Å². The van der Waals surface area contributed by atoms with Gasteiger partial charge in [0.25, 0.3) is 0 Å². The normalized spacial score (nSPS) is 39.0. The van der Waals surface area contributed by atoms with Crippen LogP contribution >= 0.6 is 0 Å². The quantitative estimate of drug-likeness (QED) is 0.449. The molecule has 1 heteroatoms. The Bertz CT molecular complexity index is 163. The van der Waals surface area contributed by atoms with E-state index in [1.807, 2.05) is 0 Å². The highest BCUT2D eigenvalue weighted by molar-refractivity contribution is 5.81. The average molecular weight is 138 g/mol. The summed E-state index contributed by atoms with van der Waals surface area (Å²) in [4.78, 5) is 0. The molecule has 2 unspecified atom stereocenters. The van der Waals surface area contributed by atoms with Gasteiger partial charge in [0.15, 0.2) is 17.8 Å². The van der Waals surface area contributed by atoms with Crippen LogP contribution < -0.4 is 0 Å². The first-order valence-corrected chi connectivity index (χ1v) is 4.42. The smallest absolute Gasteiger partial charge is 0.153 e. The molecule has 10 heavy (non-hydrogen) atoms. The van der Waals surface area contributed by atoms with Gasteiger partial charge in [-0.05, 0) is 13.8 Å². The Hall–Kier alpha value is -0.330. The average Bonchev–Trinajstić information content (AvgIpc) is 2.40. The summed E-state index contributed by atoms with van der Waals surface area (Å²) in [5.41, 5.74) is 1.74. The van der Waals surface area contributed by atoms with Crippen LogP contribution in [0.25, 0.3) is 0 Å². The van der Waals surface area contributed by atoms with E-state index in [0.717, 1.165) is 12.1 Å². The van der Waals surface area contributed by atoms with Crippen LogP contribution in [0.4, 0.5) is 0 Å². The first kappa shape index (κ1) is 6.38. The highest BCUT2D eigenvalue weighted by Gasteiger charge is 2.37. The van der Waals surface area contributed by atoms with Gasteiger partial charge in [-0.3, -0.25) is 0 Å². The van der Waals surface area contributed by atoms with Crippen molar-refractivity contribution in [3.63, 3.8) is 0 Å². The third-order valence-corrected chi connectivity index (χ3v) is 3.02. The standard InChI is InChI=1S/C9H16N/c1-7-3-5-9-6-4-8(2)10(7)9/h7-8H,3-6H2,1-2H3/q+1. The molecule has 56 valence electrons. The van der Waals surface area contributed by atoms with Gasteiger partial charge in [0, 0.05) is 25.7 Å². The molecule has 0 bridgehead atoms. The first-order valence-electron chi connectivity index (χ1n) is 4.42. The van der Waals surface area contributed by atoms with Crippen molar-refractivity contribution < 1.29 is 4.58 Å². The van der Waals surface area contributed by atoms with Crippen molar-refractivity contribution >= 4 is 5.71 Å². The van der Waals surface area contributed by atoms with E-state index in [4.69, 9.17) is 0 Å². The molecule has 0 fully saturated rings. The molecule has 0 N–H and O–H groups in total. The fraction of sp³-hybridized carbons (Fsp3) is 0.889. The molecule has 2 aliphatic rings. The molecule has 0 saturated heterocycles. The highest BCUT2D eigenvalue weighted by Crippen LogP contribution is 2.25. The zero-order valence-electron chi connectivity index (χ0n) is 6.93. The monoisotopic (exact) mass is 138 g/mol. The third-order valence-electron chi connectivity index (χ3n) is 3.02. The third kappa shape index (κ3) is 0.727. The second kappa shape index (κ2) is 2.08. The Balaban J connectivity index is 2.27. The minimum absolute atomic E-state index is 0.840. The van der Waals surface area contributed by atoms with E-state index in [2.05, 4.69) is 18.4 Å². The molecule has 0 radical (unpaired) electrons. The molecule has 0 amide bonds. The second-order valence-corrected chi connectivity index (χ2v) is 3.75. The molecule has 0 aromatic carbocycles. The van der Waals surface area contributed by atoms with Crippen LogP contribution in [0.2, 0.25) is 0 Å². The van der Waals surface area contributed by atoms with Crippen molar-refractivity contribution in [2.24, 2.45) is 0 Å². The predicted molar refractivity (Wildman–Crippen MR) is 42.7 cm³/mol.